The number of halogens is 1. The summed E-state index contributed by atoms with van der Waals surface area (Å²) in [6, 6.07) is 9.88. The van der Waals surface area contributed by atoms with Crippen molar-refractivity contribution in [1.82, 2.24) is 0 Å². The Morgan fingerprint density at radius 1 is 1.23 bits per heavy atom. The van der Waals surface area contributed by atoms with E-state index in [0.717, 1.165) is 9.76 Å². The van der Waals surface area contributed by atoms with E-state index in [1.54, 1.807) is 11.8 Å². The van der Waals surface area contributed by atoms with Gasteiger partial charge < -0.3 is 4.74 Å². The molecule has 152 valence electrons. The molecular formula is C21H37ClO2S2. The molecule has 1 unspecified atom stereocenters. The third-order valence-electron chi connectivity index (χ3n) is 3.55. The summed E-state index contributed by atoms with van der Waals surface area (Å²) in [5.41, 5.74) is 0.465. The second kappa shape index (κ2) is 16.3. The van der Waals surface area contributed by atoms with Gasteiger partial charge in [-0.3, -0.25) is 4.79 Å². The van der Waals surface area contributed by atoms with Crippen LogP contribution in [0.2, 0.25) is 0 Å². The predicted octanol–water partition coefficient (Wildman–Crippen LogP) is 7.74. The fourth-order valence-electron chi connectivity index (χ4n) is 1.90. The number of esters is 1. The quantitative estimate of drug-likeness (QED) is 0.332. The fourth-order valence-corrected chi connectivity index (χ4v) is 3.44. The van der Waals surface area contributed by atoms with Crippen LogP contribution in [0.4, 0.5) is 0 Å². The van der Waals surface area contributed by atoms with Crippen LogP contribution in [0.5, 0.6) is 0 Å². The molecule has 0 radical (unpaired) electrons. The normalized spacial score (nSPS) is 12.1. The summed E-state index contributed by atoms with van der Waals surface area (Å²) >= 11 is 13.2. The van der Waals surface area contributed by atoms with Crippen molar-refractivity contribution in [2.24, 2.45) is 5.41 Å². The second-order valence-electron chi connectivity index (χ2n) is 5.20. The van der Waals surface area contributed by atoms with E-state index < -0.39 is 5.41 Å². The first-order chi connectivity index (χ1) is 10.4. The fraction of sp³-hybridized carbons (Fsp3) is 0.524. The largest absolute Gasteiger partial charge is 0.469 e. The first-order valence-corrected chi connectivity index (χ1v) is 8.85. The van der Waals surface area contributed by atoms with Gasteiger partial charge in [0.15, 0.2) is 0 Å². The number of rotatable bonds is 7. The Bertz CT molecular complexity index is 544. The summed E-state index contributed by atoms with van der Waals surface area (Å²) in [4.78, 5) is 11.8. The Morgan fingerprint density at radius 3 is 2.23 bits per heavy atom. The highest BCUT2D eigenvalue weighted by atomic mass is 35.5. The monoisotopic (exact) mass is 420 g/mol. The predicted molar refractivity (Wildman–Crippen MR) is 126 cm³/mol. The van der Waals surface area contributed by atoms with Crippen molar-refractivity contribution < 1.29 is 9.53 Å². The lowest BCUT2D eigenvalue weighted by atomic mass is 9.84. The molecule has 1 aromatic rings. The minimum absolute atomic E-state index is 0. The van der Waals surface area contributed by atoms with Crippen LogP contribution in [0.25, 0.3) is 0 Å². The third kappa shape index (κ3) is 10.3. The van der Waals surface area contributed by atoms with Gasteiger partial charge in [-0.1, -0.05) is 96.9 Å². The molecule has 0 saturated carbocycles. The van der Waals surface area contributed by atoms with Crippen LogP contribution in [-0.2, 0) is 9.53 Å². The average molecular weight is 421 g/mol. The first kappa shape index (κ1) is 32.8. The van der Waals surface area contributed by atoms with Crippen LogP contribution in [0.3, 0.4) is 0 Å². The molecule has 0 heterocycles. The molecule has 1 aromatic carbocycles. The van der Waals surface area contributed by atoms with Gasteiger partial charge in [-0.2, -0.15) is 0 Å². The number of carbonyl (C=O) groups excluding carboxylic acids is 1. The van der Waals surface area contributed by atoms with E-state index in [1.807, 2.05) is 50.3 Å². The standard InChI is InChI=1S/C17H21ClO2S2.4CH4/c1-4-17(2,16(19)20-3)12-14(18)10-11-22-15(21)13-8-6-5-7-9-13;;;;/h5-10H,4,11-12H2,1-3H3;4*1H4. The van der Waals surface area contributed by atoms with E-state index >= 15 is 0 Å². The van der Waals surface area contributed by atoms with E-state index in [1.165, 1.54) is 7.11 Å². The van der Waals surface area contributed by atoms with Crippen LogP contribution in [-0.4, -0.2) is 23.0 Å². The highest BCUT2D eigenvalue weighted by Gasteiger charge is 2.32. The Labute approximate surface area is 176 Å². The highest BCUT2D eigenvalue weighted by molar-refractivity contribution is 8.23. The van der Waals surface area contributed by atoms with Crippen molar-refractivity contribution in [2.45, 2.75) is 56.4 Å². The Morgan fingerprint density at radius 2 is 1.77 bits per heavy atom. The molecule has 0 aliphatic rings. The second-order valence-corrected chi connectivity index (χ2v) is 7.38. The van der Waals surface area contributed by atoms with Crippen molar-refractivity contribution in [2.75, 3.05) is 12.9 Å². The summed E-state index contributed by atoms with van der Waals surface area (Å²) in [5.74, 6) is 0.460. The number of benzene rings is 1. The van der Waals surface area contributed by atoms with Gasteiger partial charge in [-0.15, -0.1) is 11.8 Å². The van der Waals surface area contributed by atoms with E-state index in [4.69, 9.17) is 28.6 Å². The van der Waals surface area contributed by atoms with Gasteiger partial charge in [-0.25, -0.2) is 0 Å². The van der Waals surface area contributed by atoms with Crippen molar-refractivity contribution in [1.29, 1.82) is 0 Å². The average Bonchev–Trinajstić information content (AvgIpc) is 2.54. The molecule has 0 aromatic heterocycles. The number of thiocarbonyl (C=S) groups is 1. The van der Waals surface area contributed by atoms with E-state index in [2.05, 4.69) is 0 Å². The molecule has 26 heavy (non-hydrogen) atoms. The molecule has 0 fully saturated rings. The molecule has 1 atom stereocenters. The van der Waals surface area contributed by atoms with Gasteiger partial charge in [0.2, 0.25) is 0 Å². The molecule has 5 heteroatoms. The molecule has 0 N–H and O–H groups in total. The van der Waals surface area contributed by atoms with Crippen molar-refractivity contribution >= 4 is 45.7 Å². The number of carbonyl (C=O) groups is 1. The molecule has 0 aliphatic heterocycles. The third-order valence-corrected chi connectivity index (χ3v) is 5.25. The lowest BCUT2D eigenvalue weighted by molar-refractivity contribution is -0.151. The van der Waals surface area contributed by atoms with Gasteiger partial charge in [0.25, 0.3) is 0 Å². The van der Waals surface area contributed by atoms with E-state index in [0.29, 0.717) is 23.6 Å². The maximum absolute atomic E-state index is 11.8. The Hall–Kier alpha value is -0.840. The molecule has 0 amide bonds. The summed E-state index contributed by atoms with van der Waals surface area (Å²) in [7, 11) is 1.40. The summed E-state index contributed by atoms with van der Waals surface area (Å²) in [6.07, 6.45) is 3.08. The van der Waals surface area contributed by atoms with Crippen LogP contribution >= 0.6 is 35.6 Å². The van der Waals surface area contributed by atoms with E-state index in [9.17, 15) is 4.79 Å². The van der Waals surface area contributed by atoms with Gasteiger partial charge in [0.1, 0.15) is 0 Å². The van der Waals surface area contributed by atoms with E-state index in [-0.39, 0.29) is 35.7 Å². The molecule has 0 aliphatic carbocycles. The SMILES string of the molecule is C.C.C.C.CCC(C)(CC(Cl)=CCSC(=S)c1ccccc1)C(=O)OC. The summed E-state index contributed by atoms with van der Waals surface area (Å²) in [6.45, 7) is 3.83. The van der Waals surface area contributed by atoms with Crippen molar-refractivity contribution in [3.05, 3.63) is 47.0 Å². The van der Waals surface area contributed by atoms with Crippen LogP contribution in [0, 0.1) is 5.41 Å². The minimum Gasteiger partial charge on any atom is -0.469 e. The number of methoxy groups -OCH3 is 1. The number of thioether (sulfide) groups is 1. The van der Waals surface area contributed by atoms with Crippen LogP contribution in [0.1, 0.15) is 62.0 Å². The number of hydrogen-bond donors (Lipinski definition) is 0. The molecule has 1 rings (SSSR count). The maximum Gasteiger partial charge on any atom is 0.311 e. The molecule has 0 saturated heterocycles. The topological polar surface area (TPSA) is 26.3 Å². The number of allylic oxidation sites excluding steroid dienone is 1. The van der Waals surface area contributed by atoms with Crippen LogP contribution < -0.4 is 0 Å². The lowest BCUT2D eigenvalue weighted by Crippen LogP contribution is -2.28. The number of ether oxygens (including phenoxy) is 1. The molecular weight excluding hydrogens is 384 g/mol. The van der Waals surface area contributed by atoms with Gasteiger partial charge in [-0.05, 0) is 25.3 Å². The molecule has 0 spiro atoms. The van der Waals surface area contributed by atoms with Gasteiger partial charge in [0, 0.05) is 10.8 Å². The molecule has 0 bridgehead atoms. The Balaban J connectivity index is -0.000000605. The first-order valence-electron chi connectivity index (χ1n) is 7.08. The maximum atomic E-state index is 11.8. The summed E-state index contributed by atoms with van der Waals surface area (Å²) in [5, 5.41) is 0.665. The molecule has 2 nitrogen and oxygen atoms in total. The zero-order valence-electron chi connectivity index (χ0n) is 13.1. The smallest absolute Gasteiger partial charge is 0.311 e. The van der Waals surface area contributed by atoms with Crippen molar-refractivity contribution in [3.8, 4) is 0 Å². The lowest BCUT2D eigenvalue weighted by Gasteiger charge is -2.24. The number of hydrogen-bond acceptors (Lipinski definition) is 4. The van der Waals surface area contributed by atoms with Gasteiger partial charge in [0.05, 0.1) is 16.7 Å². The zero-order valence-corrected chi connectivity index (χ0v) is 15.5. The van der Waals surface area contributed by atoms with Gasteiger partial charge >= 0.3 is 5.97 Å². The zero-order chi connectivity index (χ0) is 16.6. The Kier molecular flexibility index (Phi) is 20.6. The minimum atomic E-state index is -0.576. The summed E-state index contributed by atoms with van der Waals surface area (Å²) < 4.78 is 5.70. The van der Waals surface area contributed by atoms with Crippen molar-refractivity contribution in [3.63, 3.8) is 0 Å². The highest BCUT2D eigenvalue weighted by Crippen LogP contribution is 2.32. The van der Waals surface area contributed by atoms with Crippen LogP contribution in [0.15, 0.2) is 41.4 Å².